The van der Waals surface area contributed by atoms with Gasteiger partial charge in [-0.1, -0.05) is 47.5 Å². The van der Waals surface area contributed by atoms with Crippen molar-refractivity contribution in [3.05, 3.63) is 94.8 Å². The van der Waals surface area contributed by atoms with Crippen LogP contribution in [0.5, 0.6) is 0 Å². The molecule has 1 aliphatic rings. The Kier molecular flexibility index (Phi) is 4.17. The Morgan fingerprint density at radius 1 is 1.04 bits per heavy atom. The fourth-order valence-corrected chi connectivity index (χ4v) is 3.58. The van der Waals surface area contributed by atoms with Crippen LogP contribution in [0.4, 0.5) is 5.69 Å². The number of para-hydroxylation sites is 1. The van der Waals surface area contributed by atoms with E-state index in [0.717, 1.165) is 16.8 Å². The molecule has 1 N–H and O–H groups in total. The maximum absolute atomic E-state index is 13.2. The van der Waals surface area contributed by atoms with E-state index in [4.69, 9.17) is 0 Å². The molecule has 4 nitrogen and oxygen atoms in total. The number of pyridine rings is 1. The third-order valence-electron chi connectivity index (χ3n) is 4.66. The van der Waals surface area contributed by atoms with Crippen LogP contribution in [0, 0.1) is 13.8 Å². The van der Waals surface area contributed by atoms with Crippen LogP contribution in [-0.4, -0.2) is 15.8 Å². The topological polar surface area (TPSA) is 45.2 Å². The van der Waals surface area contributed by atoms with Gasteiger partial charge in [0.1, 0.15) is 6.17 Å². The summed E-state index contributed by atoms with van der Waals surface area (Å²) in [5.74, 6) is 0.0346. The van der Waals surface area contributed by atoms with Gasteiger partial charge in [-0.3, -0.25) is 9.78 Å². The van der Waals surface area contributed by atoms with Crippen LogP contribution in [0.25, 0.3) is 0 Å². The molecule has 0 radical (unpaired) electrons. The van der Waals surface area contributed by atoms with Gasteiger partial charge in [-0.15, -0.1) is 0 Å². The molecule has 1 aliphatic heterocycles. The highest BCUT2D eigenvalue weighted by molar-refractivity contribution is 6.01. The molecule has 0 aliphatic carbocycles. The van der Waals surface area contributed by atoms with Crippen molar-refractivity contribution < 1.29 is 4.79 Å². The summed E-state index contributed by atoms with van der Waals surface area (Å²) in [4.78, 5) is 19.3. The van der Waals surface area contributed by atoms with E-state index in [1.807, 2.05) is 47.5 Å². The summed E-state index contributed by atoms with van der Waals surface area (Å²) in [6.45, 7) is 4.67. The first kappa shape index (κ1) is 16.3. The minimum atomic E-state index is -0.212. The lowest BCUT2D eigenvalue weighted by Gasteiger charge is -2.38. The Labute approximate surface area is 153 Å². The molecule has 0 saturated heterocycles. The minimum absolute atomic E-state index is 0.0346. The maximum Gasteiger partial charge on any atom is 0.258 e. The average Bonchev–Trinajstić information content (AvgIpc) is 2.64. The minimum Gasteiger partial charge on any atom is -0.361 e. The molecule has 2 aromatic carbocycles. The van der Waals surface area contributed by atoms with E-state index in [2.05, 4.69) is 42.3 Å². The summed E-state index contributed by atoms with van der Waals surface area (Å²) in [5, 5.41) is 3.55. The third kappa shape index (κ3) is 3.06. The van der Waals surface area contributed by atoms with Gasteiger partial charge in [-0.25, -0.2) is 0 Å². The lowest BCUT2D eigenvalue weighted by molar-refractivity contribution is 0.0666. The van der Waals surface area contributed by atoms with Gasteiger partial charge < -0.3 is 10.2 Å². The van der Waals surface area contributed by atoms with Crippen LogP contribution in [0.15, 0.2) is 67.0 Å². The van der Waals surface area contributed by atoms with E-state index in [9.17, 15) is 4.79 Å². The monoisotopic (exact) mass is 343 g/mol. The van der Waals surface area contributed by atoms with E-state index in [0.29, 0.717) is 12.1 Å². The normalized spacial score (nSPS) is 16.2. The summed E-state index contributed by atoms with van der Waals surface area (Å²) in [6.07, 6.45) is 3.35. The van der Waals surface area contributed by atoms with Gasteiger partial charge in [-0.2, -0.15) is 0 Å². The predicted octanol–water partition coefficient (Wildman–Crippen LogP) is 4.47. The number of nitrogens with zero attached hydrogens (tertiary/aromatic N) is 2. The molecule has 130 valence electrons. The number of carbonyl (C=O) groups excluding carboxylic acids is 1. The van der Waals surface area contributed by atoms with Gasteiger partial charge in [0, 0.05) is 24.6 Å². The molecule has 1 amide bonds. The fourth-order valence-electron chi connectivity index (χ4n) is 3.58. The maximum atomic E-state index is 13.2. The van der Waals surface area contributed by atoms with E-state index in [1.165, 1.54) is 11.1 Å². The molecule has 0 bridgehead atoms. The highest BCUT2D eigenvalue weighted by atomic mass is 16.2. The van der Waals surface area contributed by atoms with Gasteiger partial charge in [0.05, 0.1) is 5.56 Å². The molecule has 0 fully saturated rings. The van der Waals surface area contributed by atoms with Crippen molar-refractivity contribution in [1.82, 2.24) is 9.88 Å². The molecule has 1 atom stereocenters. The van der Waals surface area contributed by atoms with Crippen molar-refractivity contribution in [2.24, 2.45) is 0 Å². The molecular weight excluding hydrogens is 322 g/mol. The number of fused-ring (bicyclic) bond motifs is 1. The summed E-state index contributed by atoms with van der Waals surface area (Å²) >= 11 is 0. The van der Waals surface area contributed by atoms with Crippen LogP contribution in [0.2, 0.25) is 0 Å². The number of carbonyl (C=O) groups is 1. The molecule has 0 spiro atoms. The van der Waals surface area contributed by atoms with Crippen LogP contribution >= 0.6 is 0 Å². The number of anilines is 1. The lowest BCUT2D eigenvalue weighted by atomic mass is 10.00. The zero-order valence-corrected chi connectivity index (χ0v) is 14.9. The molecule has 1 aromatic heterocycles. The Hall–Kier alpha value is -3.14. The molecule has 4 rings (SSSR count). The van der Waals surface area contributed by atoms with Crippen molar-refractivity contribution >= 4 is 11.6 Å². The van der Waals surface area contributed by atoms with Crippen molar-refractivity contribution in [1.29, 1.82) is 0 Å². The standard InChI is InChI=1S/C22H21N3O/c1-15-10-16(2)12-18(11-15)21-24-20-8-4-3-7-19(20)22(26)25(21)14-17-6-5-9-23-13-17/h3-13,21,24H,14H2,1-2H3/t21-/m0/s1. The zero-order chi connectivity index (χ0) is 18.1. The zero-order valence-electron chi connectivity index (χ0n) is 14.9. The summed E-state index contributed by atoms with van der Waals surface area (Å²) in [6, 6.07) is 18.0. The summed E-state index contributed by atoms with van der Waals surface area (Å²) < 4.78 is 0. The number of hydrogen-bond donors (Lipinski definition) is 1. The average molecular weight is 343 g/mol. The van der Waals surface area contributed by atoms with Crippen LogP contribution in [-0.2, 0) is 6.54 Å². The Morgan fingerprint density at radius 2 is 1.81 bits per heavy atom. The number of nitrogens with one attached hydrogen (secondary N) is 1. The fraction of sp³-hybridized carbons (Fsp3) is 0.182. The second kappa shape index (κ2) is 6.64. The molecular formula is C22H21N3O. The molecule has 0 saturated carbocycles. The van der Waals surface area contributed by atoms with Crippen molar-refractivity contribution in [3.8, 4) is 0 Å². The van der Waals surface area contributed by atoms with Gasteiger partial charge in [0.25, 0.3) is 5.91 Å². The smallest absolute Gasteiger partial charge is 0.258 e. The lowest BCUT2D eigenvalue weighted by Crippen LogP contribution is -2.42. The molecule has 3 aromatic rings. The van der Waals surface area contributed by atoms with E-state index in [-0.39, 0.29) is 12.1 Å². The second-order valence-corrected chi connectivity index (χ2v) is 6.81. The first-order chi connectivity index (χ1) is 12.6. The third-order valence-corrected chi connectivity index (χ3v) is 4.66. The van der Waals surface area contributed by atoms with Crippen molar-refractivity contribution in [3.63, 3.8) is 0 Å². The second-order valence-electron chi connectivity index (χ2n) is 6.81. The quantitative estimate of drug-likeness (QED) is 0.763. The number of hydrogen-bond acceptors (Lipinski definition) is 3. The van der Waals surface area contributed by atoms with Crippen LogP contribution in [0.1, 0.15) is 38.8 Å². The van der Waals surface area contributed by atoms with Gasteiger partial charge in [0.2, 0.25) is 0 Å². The Balaban J connectivity index is 1.79. The number of benzene rings is 2. The number of amides is 1. The van der Waals surface area contributed by atoms with Crippen LogP contribution in [0.3, 0.4) is 0 Å². The first-order valence-electron chi connectivity index (χ1n) is 8.75. The molecule has 2 heterocycles. The van der Waals surface area contributed by atoms with E-state index in [1.54, 1.807) is 6.20 Å². The number of aromatic nitrogens is 1. The van der Waals surface area contributed by atoms with Gasteiger partial charge >= 0.3 is 0 Å². The predicted molar refractivity (Wildman–Crippen MR) is 103 cm³/mol. The van der Waals surface area contributed by atoms with E-state index < -0.39 is 0 Å². The number of aryl methyl sites for hydroxylation is 2. The molecule has 0 unspecified atom stereocenters. The van der Waals surface area contributed by atoms with E-state index >= 15 is 0 Å². The van der Waals surface area contributed by atoms with Crippen molar-refractivity contribution in [2.75, 3.05) is 5.32 Å². The number of rotatable bonds is 3. The van der Waals surface area contributed by atoms with Crippen molar-refractivity contribution in [2.45, 2.75) is 26.6 Å². The summed E-state index contributed by atoms with van der Waals surface area (Å²) in [5.41, 5.74) is 6.07. The summed E-state index contributed by atoms with van der Waals surface area (Å²) in [7, 11) is 0. The van der Waals surface area contributed by atoms with Crippen LogP contribution < -0.4 is 5.32 Å². The first-order valence-corrected chi connectivity index (χ1v) is 8.75. The highest BCUT2D eigenvalue weighted by Gasteiger charge is 2.32. The van der Waals surface area contributed by atoms with Gasteiger partial charge in [0.15, 0.2) is 0 Å². The Morgan fingerprint density at radius 3 is 2.54 bits per heavy atom. The highest BCUT2D eigenvalue weighted by Crippen LogP contribution is 2.34. The Bertz CT molecular complexity index is 932. The molecule has 4 heteroatoms. The SMILES string of the molecule is Cc1cc(C)cc([C@H]2Nc3ccccc3C(=O)N2Cc2cccnc2)c1. The largest absolute Gasteiger partial charge is 0.361 e. The van der Waals surface area contributed by atoms with Gasteiger partial charge in [-0.05, 0) is 43.2 Å². The molecule has 26 heavy (non-hydrogen) atoms.